The van der Waals surface area contributed by atoms with Gasteiger partial charge >= 0.3 is 5.97 Å². The summed E-state index contributed by atoms with van der Waals surface area (Å²) in [5, 5.41) is 8.72. The fraction of sp³-hybridized carbons (Fsp3) is 0.500. The molecule has 0 unspecified atom stereocenters. The number of likely N-dealkylation sites (tertiary alicyclic amines) is 1. The Morgan fingerprint density at radius 3 is 2.68 bits per heavy atom. The summed E-state index contributed by atoms with van der Waals surface area (Å²) in [6.45, 7) is 2.41. The van der Waals surface area contributed by atoms with Gasteiger partial charge in [0.05, 0.1) is 20.6 Å². The molecule has 1 aromatic rings. The zero-order chi connectivity index (χ0) is 13.8. The maximum Gasteiger partial charge on any atom is 0.303 e. The SMILES string of the molecule is COc1cccc(CN2CC(CC(=O)O)C2)c1OC. The second-order valence-electron chi connectivity index (χ2n) is 4.81. The zero-order valence-electron chi connectivity index (χ0n) is 11.3. The van der Waals surface area contributed by atoms with Gasteiger partial charge in [0.25, 0.3) is 0 Å². The van der Waals surface area contributed by atoms with Crippen LogP contribution in [-0.2, 0) is 11.3 Å². The number of carbonyl (C=O) groups is 1. The van der Waals surface area contributed by atoms with E-state index in [1.54, 1.807) is 14.2 Å². The number of rotatable bonds is 6. The van der Waals surface area contributed by atoms with Gasteiger partial charge in [0.15, 0.2) is 11.5 Å². The van der Waals surface area contributed by atoms with Crippen molar-refractivity contribution >= 4 is 5.97 Å². The number of hydrogen-bond donors (Lipinski definition) is 1. The lowest BCUT2D eigenvalue weighted by molar-refractivity contribution is -0.139. The molecule has 0 amide bonds. The Balaban J connectivity index is 1.96. The smallest absolute Gasteiger partial charge is 0.303 e. The van der Waals surface area contributed by atoms with Crippen molar-refractivity contribution in [3.05, 3.63) is 23.8 Å². The number of aliphatic carboxylic acids is 1. The number of carboxylic acids is 1. The van der Waals surface area contributed by atoms with Crippen LogP contribution in [-0.4, -0.2) is 43.3 Å². The number of benzene rings is 1. The number of para-hydroxylation sites is 1. The van der Waals surface area contributed by atoms with Crippen molar-refractivity contribution < 1.29 is 19.4 Å². The van der Waals surface area contributed by atoms with Crippen LogP contribution < -0.4 is 9.47 Å². The molecule has 1 heterocycles. The number of carboxylic acid groups (broad SMARTS) is 1. The van der Waals surface area contributed by atoms with Crippen LogP contribution in [0, 0.1) is 5.92 Å². The van der Waals surface area contributed by atoms with E-state index < -0.39 is 5.97 Å². The largest absolute Gasteiger partial charge is 0.493 e. The number of hydrogen-bond acceptors (Lipinski definition) is 4. The molecule has 0 aliphatic carbocycles. The van der Waals surface area contributed by atoms with Gasteiger partial charge in [0.2, 0.25) is 0 Å². The predicted octanol–water partition coefficient (Wildman–Crippen LogP) is 1.61. The summed E-state index contributed by atoms with van der Waals surface area (Å²) in [6, 6.07) is 5.81. The summed E-state index contributed by atoms with van der Waals surface area (Å²) in [7, 11) is 3.25. The van der Waals surface area contributed by atoms with Gasteiger partial charge in [-0.2, -0.15) is 0 Å². The molecule has 0 atom stereocenters. The Morgan fingerprint density at radius 2 is 2.11 bits per heavy atom. The number of nitrogens with zero attached hydrogens (tertiary/aromatic N) is 1. The van der Waals surface area contributed by atoms with Crippen LogP contribution in [0.1, 0.15) is 12.0 Å². The van der Waals surface area contributed by atoms with Gasteiger partial charge < -0.3 is 14.6 Å². The Kier molecular flexibility index (Phi) is 4.27. The number of ether oxygens (including phenoxy) is 2. The van der Waals surface area contributed by atoms with Crippen LogP contribution in [0.5, 0.6) is 11.5 Å². The van der Waals surface area contributed by atoms with Crippen LogP contribution in [0.4, 0.5) is 0 Å². The van der Waals surface area contributed by atoms with E-state index in [4.69, 9.17) is 14.6 Å². The van der Waals surface area contributed by atoms with Crippen molar-refractivity contribution in [2.24, 2.45) is 5.92 Å². The third kappa shape index (κ3) is 3.17. The van der Waals surface area contributed by atoms with E-state index in [1.165, 1.54) is 0 Å². The molecule has 0 aromatic heterocycles. The lowest BCUT2D eigenvalue weighted by Gasteiger charge is -2.38. The molecule has 1 aliphatic rings. The summed E-state index contributed by atoms with van der Waals surface area (Å²) in [4.78, 5) is 12.8. The Bertz CT molecular complexity index is 455. The molecule has 0 spiro atoms. The molecule has 19 heavy (non-hydrogen) atoms. The minimum atomic E-state index is -0.719. The van der Waals surface area contributed by atoms with Crippen molar-refractivity contribution in [1.82, 2.24) is 4.90 Å². The van der Waals surface area contributed by atoms with Crippen LogP contribution >= 0.6 is 0 Å². The lowest BCUT2D eigenvalue weighted by Crippen LogP contribution is -2.46. The van der Waals surface area contributed by atoms with E-state index in [0.29, 0.717) is 0 Å². The second-order valence-corrected chi connectivity index (χ2v) is 4.81. The third-order valence-electron chi connectivity index (χ3n) is 3.37. The molecule has 2 rings (SSSR count). The van der Waals surface area contributed by atoms with Gasteiger partial charge in [-0.1, -0.05) is 12.1 Å². The highest BCUT2D eigenvalue weighted by molar-refractivity contribution is 5.67. The molecular weight excluding hydrogens is 246 g/mol. The fourth-order valence-electron chi connectivity index (χ4n) is 2.50. The normalized spacial score (nSPS) is 15.9. The van der Waals surface area contributed by atoms with Gasteiger partial charge in [-0.15, -0.1) is 0 Å². The summed E-state index contributed by atoms with van der Waals surface area (Å²) in [5.41, 5.74) is 1.07. The molecule has 5 heteroatoms. The van der Waals surface area contributed by atoms with Crippen molar-refractivity contribution in [3.63, 3.8) is 0 Å². The summed E-state index contributed by atoms with van der Waals surface area (Å²) >= 11 is 0. The fourth-order valence-corrected chi connectivity index (χ4v) is 2.50. The van der Waals surface area contributed by atoms with E-state index in [0.717, 1.165) is 36.7 Å². The van der Waals surface area contributed by atoms with Gasteiger partial charge in [-0.3, -0.25) is 9.69 Å². The van der Waals surface area contributed by atoms with Gasteiger partial charge in [0.1, 0.15) is 0 Å². The quantitative estimate of drug-likeness (QED) is 0.846. The van der Waals surface area contributed by atoms with E-state index in [9.17, 15) is 4.79 Å². The molecule has 104 valence electrons. The molecule has 1 N–H and O–H groups in total. The summed E-state index contributed by atoms with van der Waals surface area (Å²) in [5.74, 6) is 1.03. The van der Waals surface area contributed by atoms with E-state index in [-0.39, 0.29) is 12.3 Å². The maximum absolute atomic E-state index is 10.6. The van der Waals surface area contributed by atoms with E-state index in [2.05, 4.69) is 4.90 Å². The first-order valence-corrected chi connectivity index (χ1v) is 6.28. The first-order valence-electron chi connectivity index (χ1n) is 6.28. The van der Waals surface area contributed by atoms with Crippen molar-refractivity contribution in [2.45, 2.75) is 13.0 Å². The standard InChI is InChI=1S/C14H19NO4/c1-18-12-5-3-4-11(14(12)19-2)9-15-7-10(8-15)6-13(16)17/h3-5,10H,6-9H2,1-2H3,(H,16,17). The molecular formula is C14H19NO4. The molecule has 1 aliphatic heterocycles. The van der Waals surface area contributed by atoms with Crippen molar-refractivity contribution in [3.8, 4) is 11.5 Å². The van der Waals surface area contributed by atoms with E-state index >= 15 is 0 Å². The molecule has 0 saturated carbocycles. The predicted molar refractivity (Wildman–Crippen MR) is 70.6 cm³/mol. The maximum atomic E-state index is 10.6. The topological polar surface area (TPSA) is 59.0 Å². The Morgan fingerprint density at radius 1 is 1.37 bits per heavy atom. The van der Waals surface area contributed by atoms with E-state index in [1.807, 2.05) is 18.2 Å². The lowest BCUT2D eigenvalue weighted by atomic mass is 9.95. The molecule has 1 aromatic carbocycles. The van der Waals surface area contributed by atoms with Crippen molar-refractivity contribution in [2.75, 3.05) is 27.3 Å². The van der Waals surface area contributed by atoms with Crippen LogP contribution in [0.2, 0.25) is 0 Å². The highest BCUT2D eigenvalue weighted by Gasteiger charge is 2.29. The third-order valence-corrected chi connectivity index (χ3v) is 3.37. The molecule has 0 radical (unpaired) electrons. The minimum Gasteiger partial charge on any atom is -0.493 e. The van der Waals surface area contributed by atoms with Crippen LogP contribution in [0.3, 0.4) is 0 Å². The van der Waals surface area contributed by atoms with Gasteiger partial charge in [0, 0.05) is 25.2 Å². The minimum absolute atomic E-state index is 0.256. The van der Waals surface area contributed by atoms with Crippen molar-refractivity contribution in [1.29, 1.82) is 0 Å². The van der Waals surface area contributed by atoms with Gasteiger partial charge in [-0.25, -0.2) is 0 Å². The number of methoxy groups -OCH3 is 2. The van der Waals surface area contributed by atoms with Gasteiger partial charge in [-0.05, 0) is 12.0 Å². The molecule has 0 bridgehead atoms. The second kappa shape index (κ2) is 5.93. The monoisotopic (exact) mass is 265 g/mol. The Hall–Kier alpha value is -1.75. The van der Waals surface area contributed by atoms with Crippen LogP contribution in [0.25, 0.3) is 0 Å². The first-order chi connectivity index (χ1) is 9.13. The first kappa shape index (κ1) is 13.7. The average Bonchev–Trinajstić information content (AvgIpc) is 2.35. The highest BCUT2D eigenvalue weighted by atomic mass is 16.5. The molecule has 1 saturated heterocycles. The average molecular weight is 265 g/mol. The van der Waals surface area contributed by atoms with Crippen LogP contribution in [0.15, 0.2) is 18.2 Å². The molecule has 1 fully saturated rings. The summed E-state index contributed by atoms with van der Waals surface area (Å²) < 4.78 is 10.6. The summed E-state index contributed by atoms with van der Waals surface area (Å²) in [6.07, 6.45) is 0.256. The zero-order valence-corrected chi connectivity index (χ0v) is 11.3. The molecule has 5 nitrogen and oxygen atoms in total. The highest BCUT2D eigenvalue weighted by Crippen LogP contribution is 2.33. The Labute approximate surface area is 112 Å².